The zero-order chi connectivity index (χ0) is 12.4. The van der Waals surface area contributed by atoms with E-state index in [2.05, 4.69) is 5.10 Å². The Hall–Kier alpha value is -1.81. The minimum Gasteiger partial charge on any atom is -0.496 e. The van der Waals surface area contributed by atoms with Crippen LogP contribution in [0.4, 0.5) is 0 Å². The van der Waals surface area contributed by atoms with E-state index < -0.39 is 0 Å². The fourth-order valence-corrected chi connectivity index (χ4v) is 1.87. The highest BCUT2D eigenvalue weighted by Gasteiger charge is 2.11. The number of ether oxygens (including phenoxy) is 1. The Bertz CT molecular complexity index is 532. The van der Waals surface area contributed by atoms with E-state index in [1.807, 2.05) is 38.2 Å². The number of aliphatic hydroxyl groups is 1. The lowest BCUT2D eigenvalue weighted by atomic mass is 10.1. The molecule has 1 aromatic carbocycles. The van der Waals surface area contributed by atoms with Crippen LogP contribution in [-0.4, -0.2) is 22.0 Å². The van der Waals surface area contributed by atoms with E-state index >= 15 is 0 Å². The van der Waals surface area contributed by atoms with Crippen LogP contribution in [0.25, 0.3) is 11.3 Å². The number of hydrogen-bond donors (Lipinski definition) is 1. The molecule has 0 atom stereocenters. The summed E-state index contributed by atoms with van der Waals surface area (Å²) in [5.74, 6) is 0.817. The summed E-state index contributed by atoms with van der Waals surface area (Å²) in [6, 6.07) is 7.89. The van der Waals surface area contributed by atoms with Crippen LogP contribution in [0.15, 0.2) is 24.3 Å². The molecule has 0 saturated carbocycles. The second-order valence-corrected chi connectivity index (χ2v) is 4.01. The lowest BCUT2D eigenvalue weighted by Crippen LogP contribution is -1.96. The van der Waals surface area contributed by atoms with Gasteiger partial charge in [0.1, 0.15) is 5.75 Å². The van der Waals surface area contributed by atoms with E-state index in [4.69, 9.17) is 9.84 Å². The van der Waals surface area contributed by atoms with Gasteiger partial charge in [0.2, 0.25) is 0 Å². The van der Waals surface area contributed by atoms with Crippen molar-refractivity contribution in [2.75, 3.05) is 7.11 Å². The quantitative estimate of drug-likeness (QED) is 0.879. The topological polar surface area (TPSA) is 47.3 Å². The molecule has 0 aliphatic heterocycles. The van der Waals surface area contributed by atoms with Crippen LogP contribution in [0.2, 0.25) is 0 Å². The van der Waals surface area contributed by atoms with E-state index in [1.54, 1.807) is 11.8 Å². The fraction of sp³-hybridized carbons (Fsp3) is 0.308. The van der Waals surface area contributed by atoms with Gasteiger partial charge in [-0.3, -0.25) is 4.68 Å². The van der Waals surface area contributed by atoms with Gasteiger partial charge in [0.05, 0.1) is 25.1 Å². The highest BCUT2D eigenvalue weighted by atomic mass is 16.5. The van der Waals surface area contributed by atoms with Crippen LogP contribution in [0.5, 0.6) is 5.75 Å². The Morgan fingerprint density at radius 1 is 1.35 bits per heavy atom. The predicted octanol–water partition coefficient (Wildman–Crippen LogP) is 1.90. The molecule has 0 bridgehead atoms. The number of nitrogens with zero attached hydrogens (tertiary/aromatic N) is 2. The average molecular weight is 232 g/mol. The summed E-state index contributed by atoms with van der Waals surface area (Å²) in [6.45, 7) is 1.97. The third kappa shape index (κ3) is 2.17. The number of rotatable bonds is 3. The largest absolute Gasteiger partial charge is 0.496 e. The van der Waals surface area contributed by atoms with Crippen molar-refractivity contribution in [3.8, 4) is 17.0 Å². The number of benzene rings is 1. The molecular formula is C13H16N2O2. The number of aliphatic hydroxyl groups excluding tert-OH is 1. The molecule has 0 fully saturated rings. The van der Waals surface area contributed by atoms with Crippen LogP contribution in [-0.2, 0) is 13.7 Å². The highest BCUT2D eigenvalue weighted by Crippen LogP contribution is 2.30. The fourth-order valence-electron chi connectivity index (χ4n) is 1.87. The van der Waals surface area contributed by atoms with E-state index in [-0.39, 0.29) is 6.61 Å². The molecule has 4 heteroatoms. The van der Waals surface area contributed by atoms with Crippen molar-refractivity contribution in [3.05, 3.63) is 35.5 Å². The maximum Gasteiger partial charge on any atom is 0.128 e. The van der Waals surface area contributed by atoms with Crippen molar-refractivity contribution in [3.63, 3.8) is 0 Å². The van der Waals surface area contributed by atoms with Gasteiger partial charge in [0, 0.05) is 12.6 Å². The van der Waals surface area contributed by atoms with Gasteiger partial charge < -0.3 is 9.84 Å². The lowest BCUT2D eigenvalue weighted by molar-refractivity contribution is 0.275. The second kappa shape index (κ2) is 4.59. The molecule has 0 amide bonds. The molecule has 2 aromatic rings. The van der Waals surface area contributed by atoms with Gasteiger partial charge >= 0.3 is 0 Å². The van der Waals surface area contributed by atoms with Crippen molar-refractivity contribution >= 4 is 0 Å². The van der Waals surface area contributed by atoms with Gasteiger partial charge in [-0.15, -0.1) is 0 Å². The summed E-state index contributed by atoms with van der Waals surface area (Å²) in [7, 11) is 3.51. The van der Waals surface area contributed by atoms with Crippen LogP contribution < -0.4 is 4.74 Å². The highest BCUT2D eigenvalue weighted by molar-refractivity contribution is 5.68. The maximum atomic E-state index is 9.09. The Labute approximate surface area is 100 Å². The molecule has 0 radical (unpaired) electrons. The van der Waals surface area contributed by atoms with Crippen LogP contribution in [0.3, 0.4) is 0 Å². The third-order valence-corrected chi connectivity index (χ3v) is 2.73. The molecule has 4 nitrogen and oxygen atoms in total. The first-order chi connectivity index (χ1) is 8.15. The Morgan fingerprint density at radius 2 is 2.12 bits per heavy atom. The van der Waals surface area contributed by atoms with Crippen molar-refractivity contribution in [2.45, 2.75) is 13.5 Å². The maximum absolute atomic E-state index is 9.09. The molecule has 1 N–H and O–H groups in total. The molecule has 0 spiro atoms. The van der Waals surface area contributed by atoms with Crippen LogP contribution >= 0.6 is 0 Å². The van der Waals surface area contributed by atoms with Gasteiger partial charge in [-0.2, -0.15) is 5.10 Å². The number of hydrogen-bond acceptors (Lipinski definition) is 3. The van der Waals surface area contributed by atoms with E-state index in [0.717, 1.165) is 22.6 Å². The number of aromatic nitrogens is 2. The molecule has 1 aromatic heterocycles. The monoisotopic (exact) mass is 232 g/mol. The molecule has 90 valence electrons. The SMILES string of the molecule is COc1cc(C)ccc1-c1cc(CO)nn1C. The van der Waals surface area contributed by atoms with E-state index in [1.165, 1.54) is 0 Å². The number of methoxy groups -OCH3 is 1. The van der Waals surface area contributed by atoms with Crippen molar-refractivity contribution < 1.29 is 9.84 Å². The van der Waals surface area contributed by atoms with Crippen molar-refractivity contribution in [1.29, 1.82) is 0 Å². The van der Waals surface area contributed by atoms with Gasteiger partial charge in [-0.1, -0.05) is 6.07 Å². The first-order valence-electron chi connectivity index (χ1n) is 5.44. The molecule has 0 unspecified atom stereocenters. The zero-order valence-electron chi connectivity index (χ0n) is 10.3. The first kappa shape index (κ1) is 11.7. The average Bonchev–Trinajstić information content (AvgIpc) is 2.70. The van der Waals surface area contributed by atoms with Crippen molar-refractivity contribution in [2.24, 2.45) is 7.05 Å². The molecule has 2 rings (SSSR count). The molecule has 0 saturated heterocycles. The minimum atomic E-state index is -0.0536. The van der Waals surface area contributed by atoms with E-state index in [0.29, 0.717) is 5.69 Å². The lowest BCUT2D eigenvalue weighted by Gasteiger charge is -2.09. The molecule has 1 heterocycles. The van der Waals surface area contributed by atoms with Gasteiger partial charge in [-0.05, 0) is 30.7 Å². The summed E-state index contributed by atoms with van der Waals surface area (Å²) >= 11 is 0. The zero-order valence-corrected chi connectivity index (χ0v) is 10.3. The van der Waals surface area contributed by atoms with E-state index in [9.17, 15) is 0 Å². The molecule has 0 aliphatic carbocycles. The molecular weight excluding hydrogens is 216 g/mol. The first-order valence-corrected chi connectivity index (χ1v) is 5.44. The Morgan fingerprint density at radius 3 is 2.71 bits per heavy atom. The normalized spacial score (nSPS) is 10.6. The summed E-state index contributed by atoms with van der Waals surface area (Å²) < 4.78 is 7.12. The second-order valence-electron chi connectivity index (χ2n) is 4.01. The van der Waals surface area contributed by atoms with Gasteiger partial charge in [0.25, 0.3) is 0 Å². The molecule has 17 heavy (non-hydrogen) atoms. The smallest absolute Gasteiger partial charge is 0.128 e. The van der Waals surface area contributed by atoms with Crippen molar-refractivity contribution in [1.82, 2.24) is 9.78 Å². The predicted molar refractivity (Wildman–Crippen MR) is 65.9 cm³/mol. The minimum absolute atomic E-state index is 0.0536. The van der Waals surface area contributed by atoms with Gasteiger partial charge in [-0.25, -0.2) is 0 Å². The summed E-state index contributed by atoms with van der Waals surface area (Å²) in [5.41, 5.74) is 3.72. The third-order valence-electron chi connectivity index (χ3n) is 2.73. The Balaban J connectivity index is 2.55. The summed E-state index contributed by atoms with van der Waals surface area (Å²) in [4.78, 5) is 0. The standard InChI is InChI=1S/C13H16N2O2/c1-9-4-5-11(13(6-9)17-3)12-7-10(8-16)14-15(12)2/h4-7,16H,8H2,1-3H3. The van der Waals surface area contributed by atoms with Crippen LogP contribution in [0, 0.1) is 6.92 Å². The summed E-state index contributed by atoms with van der Waals surface area (Å²) in [6.07, 6.45) is 0. The van der Waals surface area contributed by atoms with Crippen LogP contribution in [0.1, 0.15) is 11.3 Å². The van der Waals surface area contributed by atoms with Gasteiger partial charge in [0.15, 0.2) is 0 Å². The molecule has 0 aliphatic rings. The number of aryl methyl sites for hydroxylation is 2. The summed E-state index contributed by atoms with van der Waals surface area (Å²) in [5, 5.41) is 13.3. The Kier molecular flexibility index (Phi) is 3.15.